The molecule has 0 spiro atoms. The number of halogens is 1. The molecule has 10 heavy (non-hydrogen) atoms. The van der Waals surface area contributed by atoms with Crippen molar-refractivity contribution in [1.82, 2.24) is 10.2 Å². The van der Waals surface area contributed by atoms with Crippen LogP contribution in [0.3, 0.4) is 0 Å². The average molecular weight is 210 g/mol. The van der Waals surface area contributed by atoms with Crippen molar-refractivity contribution in [3.05, 3.63) is 0 Å². The first-order chi connectivity index (χ1) is 4.43. The minimum Gasteiger partial charge on any atom is -0.329 e. The molecule has 1 fully saturated rings. The highest BCUT2D eigenvalue weighted by atomic mass is 79.9. The lowest BCUT2D eigenvalue weighted by atomic mass is 10.3. The molecular formula is C6H16BrN3. The summed E-state index contributed by atoms with van der Waals surface area (Å²) in [5, 5.41) is 3.29. The number of hydrogen-bond donors (Lipinski definition) is 2. The van der Waals surface area contributed by atoms with Crippen molar-refractivity contribution in [1.29, 1.82) is 0 Å². The minimum absolute atomic E-state index is 0. The van der Waals surface area contributed by atoms with Crippen molar-refractivity contribution in [2.75, 3.05) is 39.3 Å². The molecule has 0 bridgehead atoms. The summed E-state index contributed by atoms with van der Waals surface area (Å²) in [6.07, 6.45) is 0. The quantitative estimate of drug-likeness (QED) is 0.641. The maximum absolute atomic E-state index is 5.40. The predicted molar refractivity (Wildman–Crippen MR) is 48.7 cm³/mol. The van der Waals surface area contributed by atoms with Gasteiger partial charge in [0.15, 0.2) is 0 Å². The number of nitrogens with two attached hydrogens (primary N) is 1. The molecule has 1 saturated heterocycles. The Hall–Kier alpha value is 0.360. The number of piperazine rings is 1. The van der Waals surface area contributed by atoms with E-state index in [0.29, 0.717) is 0 Å². The van der Waals surface area contributed by atoms with E-state index in [2.05, 4.69) is 10.2 Å². The van der Waals surface area contributed by atoms with Crippen LogP contribution in [0.4, 0.5) is 0 Å². The Morgan fingerprint density at radius 3 is 2.40 bits per heavy atom. The fourth-order valence-corrected chi connectivity index (χ4v) is 1.12. The Labute approximate surface area is 72.7 Å². The van der Waals surface area contributed by atoms with Crippen molar-refractivity contribution < 1.29 is 0 Å². The molecule has 1 heterocycles. The van der Waals surface area contributed by atoms with E-state index in [9.17, 15) is 0 Å². The third-order valence-corrected chi connectivity index (χ3v) is 1.65. The van der Waals surface area contributed by atoms with E-state index in [1.165, 1.54) is 0 Å². The molecule has 0 atom stereocenters. The zero-order chi connectivity index (χ0) is 6.53. The molecule has 1 aliphatic rings. The van der Waals surface area contributed by atoms with Crippen molar-refractivity contribution in [2.45, 2.75) is 0 Å². The number of hydrogen-bond acceptors (Lipinski definition) is 3. The van der Waals surface area contributed by atoms with E-state index in [4.69, 9.17) is 5.73 Å². The summed E-state index contributed by atoms with van der Waals surface area (Å²) in [4.78, 5) is 2.39. The van der Waals surface area contributed by atoms with Gasteiger partial charge in [-0.1, -0.05) is 0 Å². The van der Waals surface area contributed by atoms with Crippen LogP contribution in [0.25, 0.3) is 0 Å². The lowest BCUT2D eigenvalue weighted by Crippen LogP contribution is -2.45. The van der Waals surface area contributed by atoms with Crippen molar-refractivity contribution >= 4 is 17.0 Å². The van der Waals surface area contributed by atoms with Gasteiger partial charge in [0.1, 0.15) is 0 Å². The summed E-state index contributed by atoms with van der Waals surface area (Å²) in [6.45, 7) is 6.43. The molecule has 0 aromatic carbocycles. The van der Waals surface area contributed by atoms with Crippen molar-refractivity contribution in [2.24, 2.45) is 5.73 Å². The van der Waals surface area contributed by atoms with E-state index in [0.717, 1.165) is 39.3 Å². The van der Waals surface area contributed by atoms with Gasteiger partial charge in [0.2, 0.25) is 0 Å². The minimum atomic E-state index is 0. The second-order valence-electron chi connectivity index (χ2n) is 2.38. The lowest BCUT2D eigenvalue weighted by molar-refractivity contribution is 0.247. The molecule has 0 aromatic heterocycles. The molecule has 1 aliphatic heterocycles. The van der Waals surface area contributed by atoms with Gasteiger partial charge in [-0.25, -0.2) is 0 Å². The predicted octanol–water partition coefficient (Wildman–Crippen LogP) is -0.572. The number of rotatable bonds is 2. The molecule has 0 unspecified atom stereocenters. The Morgan fingerprint density at radius 2 is 1.90 bits per heavy atom. The van der Waals surface area contributed by atoms with Gasteiger partial charge in [-0.05, 0) is 0 Å². The fourth-order valence-electron chi connectivity index (χ4n) is 1.12. The Bertz CT molecular complexity index is 70.6. The summed E-state index contributed by atoms with van der Waals surface area (Å²) >= 11 is 0. The normalized spacial score (nSPS) is 20.1. The molecule has 0 saturated carbocycles. The largest absolute Gasteiger partial charge is 0.329 e. The maximum Gasteiger partial charge on any atom is 0.0108 e. The Morgan fingerprint density at radius 1 is 1.30 bits per heavy atom. The van der Waals surface area contributed by atoms with Gasteiger partial charge in [0, 0.05) is 39.3 Å². The number of nitrogens with one attached hydrogen (secondary N) is 1. The third-order valence-electron chi connectivity index (χ3n) is 1.65. The van der Waals surface area contributed by atoms with Crippen LogP contribution in [-0.4, -0.2) is 44.2 Å². The van der Waals surface area contributed by atoms with E-state index in [1.54, 1.807) is 0 Å². The summed E-state index contributed by atoms with van der Waals surface area (Å²) in [5.74, 6) is 0. The SMILES string of the molecule is Br.NCCN1CCNCC1. The summed E-state index contributed by atoms with van der Waals surface area (Å²) in [7, 11) is 0. The second kappa shape index (κ2) is 6.09. The summed E-state index contributed by atoms with van der Waals surface area (Å²) in [5.41, 5.74) is 5.40. The zero-order valence-corrected chi connectivity index (χ0v) is 7.89. The molecule has 62 valence electrons. The van der Waals surface area contributed by atoms with Gasteiger partial charge in [-0.15, -0.1) is 17.0 Å². The molecule has 0 aromatic rings. The van der Waals surface area contributed by atoms with E-state index in [-0.39, 0.29) is 17.0 Å². The van der Waals surface area contributed by atoms with Crippen LogP contribution >= 0.6 is 17.0 Å². The van der Waals surface area contributed by atoms with Crippen LogP contribution in [0.15, 0.2) is 0 Å². The smallest absolute Gasteiger partial charge is 0.0108 e. The second-order valence-corrected chi connectivity index (χ2v) is 2.38. The van der Waals surface area contributed by atoms with Gasteiger partial charge in [-0.2, -0.15) is 0 Å². The summed E-state index contributed by atoms with van der Waals surface area (Å²) in [6, 6.07) is 0. The first kappa shape index (κ1) is 10.4. The van der Waals surface area contributed by atoms with Crippen LogP contribution in [0.1, 0.15) is 0 Å². The van der Waals surface area contributed by atoms with Crippen LogP contribution in [0, 0.1) is 0 Å². The highest BCUT2D eigenvalue weighted by molar-refractivity contribution is 8.93. The van der Waals surface area contributed by atoms with E-state index >= 15 is 0 Å². The first-order valence-electron chi connectivity index (χ1n) is 3.56. The van der Waals surface area contributed by atoms with Gasteiger partial charge < -0.3 is 11.1 Å². The van der Waals surface area contributed by atoms with Crippen molar-refractivity contribution in [3.63, 3.8) is 0 Å². The molecule has 0 amide bonds. The highest BCUT2D eigenvalue weighted by Crippen LogP contribution is 1.88. The van der Waals surface area contributed by atoms with Gasteiger partial charge >= 0.3 is 0 Å². The van der Waals surface area contributed by atoms with Gasteiger partial charge in [0.05, 0.1) is 0 Å². The zero-order valence-electron chi connectivity index (χ0n) is 6.18. The molecule has 0 aliphatic carbocycles. The van der Waals surface area contributed by atoms with Crippen LogP contribution in [-0.2, 0) is 0 Å². The first-order valence-corrected chi connectivity index (χ1v) is 3.56. The monoisotopic (exact) mass is 209 g/mol. The molecular weight excluding hydrogens is 194 g/mol. The standard InChI is InChI=1S/C6H15N3.BrH/c7-1-4-9-5-2-8-3-6-9;/h8H,1-7H2;1H. The van der Waals surface area contributed by atoms with Crippen LogP contribution in [0.5, 0.6) is 0 Å². The fraction of sp³-hybridized carbons (Fsp3) is 1.00. The molecule has 1 rings (SSSR count). The van der Waals surface area contributed by atoms with E-state index < -0.39 is 0 Å². The Kier molecular flexibility index (Phi) is 6.31. The van der Waals surface area contributed by atoms with Crippen LogP contribution in [0.2, 0.25) is 0 Å². The third kappa shape index (κ3) is 3.51. The lowest BCUT2D eigenvalue weighted by Gasteiger charge is -2.26. The highest BCUT2D eigenvalue weighted by Gasteiger charge is 2.06. The summed E-state index contributed by atoms with van der Waals surface area (Å²) < 4.78 is 0. The van der Waals surface area contributed by atoms with Crippen molar-refractivity contribution in [3.8, 4) is 0 Å². The molecule has 3 nitrogen and oxygen atoms in total. The number of nitrogens with zero attached hydrogens (tertiary/aromatic N) is 1. The molecule has 0 radical (unpaired) electrons. The maximum atomic E-state index is 5.40. The average Bonchev–Trinajstić information content (AvgIpc) is 1.91. The van der Waals surface area contributed by atoms with Crippen LogP contribution < -0.4 is 11.1 Å². The molecule has 3 N–H and O–H groups in total. The molecule has 4 heteroatoms. The van der Waals surface area contributed by atoms with E-state index in [1.807, 2.05) is 0 Å². The van der Waals surface area contributed by atoms with Gasteiger partial charge in [-0.3, -0.25) is 4.90 Å². The Balaban J connectivity index is 0.000000810. The topological polar surface area (TPSA) is 41.3 Å². The van der Waals surface area contributed by atoms with Gasteiger partial charge in [0.25, 0.3) is 0 Å².